The predicted octanol–water partition coefficient (Wildman–Crippen LogP) is 3.68. The molecule has 100 valence electrons. The Labute approximate surface area is 115 Å². The number of nitrogens with zero attached hydrogens (tertiary/aromatic N) is 1. The smallest absolute Gasteiger partial charge is 0.0412 e. The van der Waals surface area contributed by atoms with Crippen molar-refractivity contribution in [3.05, 3.63) is 28.8 Å². The minimum Gasteiger partial charge on any atom is -0.371 e. The van der Waals surface area contributed by atoms with E-state index in [9.17, 15) is 0 Å². The van der Waals surface area contributed by atoms with Crippen LogP contribution in [0.2, 0.25) is 5.02 Å². The molecule has 1 aliphatic rings. The fraction of sp³-hybridized carbons (Fsp3) is 0.600. The van der Waals surface area contributed by atoms with E-state index in [-0.39, 0.29) is 0 Å². The molecule has 0 saturated heterocycles. The van der Waals surface area contributed by atoms with Crippen LogP contribution in [-0.4, -0.2) is 19.6 Å². The monoisotopic (exact) mass is 266 g/mol. The molecule has 1 aromatic carbocycles. The van der Waals surface area contributed by atoms with Crippen molar-refractivity contribution in [1.29, 1.82) is 0 Å². The van der Waals surface area contributed by atoms with E-state index in [0.29, 0.717) is 5.92 Å². The first kappa shape index (κ1) is 13.7. The maximum atomic E-state index is 6.11. The summed E-state index contributed by atoms with van der Waals surface area (Å²) in [4.78, 5) is 2.39. The minimum absolute atomic E-state index is 0.675. The molecule has 0 heterocycles. The van der Waals surface area contributed by atoms with Gasteiger partial charge >= 0.3 is 0 Å². The number of benzene rings is 1. The van der Waals surface area contributed by atoms with Crippen LogP contribution in [0.25, 0.3) is 0 Å². The third kappa shape index (κ3) is 3.63. The predicted molar refractivity (Wildman–Crippen MR) is 79.4 cm³/mol. The number of hydrogen-bond donors (Lipinski definition) is 1. The average molecular weight is 267 g/mol. The molecule has 0 amide bonds. The summed E-state index contributed by atoms with van der Waals surface area (Å²) in [6, 6.07) is 6.95. The highest BCUT2D eigenvalue weighted by Crippen LogP contribution is 2.33. The van der Waals surface area contributed by atoms with Crippen LogP contribution in [0.15, 0.2) is 18.2 Å². The Morgan fingerprint density at radius 3 is 2.72 bits per heavy atom. The summed E-state index contributed by atoms with van der Waals surface area (Å²) in [5.41, 5.74) is 2.62. The van der Waals surface area contributed by atoms with E-state index in [2.05, 4.69) is 43.2 Å². The summed E-state index contributed by atoms with van der Waals surface area (Å²) in [5, 5.41) is 4.32. The van der Waals surface area contributed by atoms with Crippen LogP contribution in [0.5, 0.6) is 0 Å². The zero-order chi connectivity index (χ0) is 13.1. The van der Waals surface area contributed by atoms with Crippen LogP contribution in [0.1, 0.15) is 32.3 Å². The largest absolute Gasteiger partial charge is 0.371 e. The lowest BCUT2D eigenvalue weighted by Crippen LogP contribution is -2.24. The number of rotatable bonds is 6. The summed E-state index contributed by atoms with van der Waals surface area (Å²) < 4.78 is 0. The molecule has 0 bridgehead atoms. The highest BCUT2D eigenvalue weighted by atomic mass is 35.5. The molecule has 0 spiro atoms. The maximum Gasteiger partial charge on any atom is 0.0412 e. The average Bonchev–Trinajstić information content (AvgIpc) is 3.11. The molecule has 0 radical (unpaired) electrons. The van der Waals surface area contributed by atoms with E-state index in [4.69, 9.17) is 11.6 Å². The van der Waals surface area contributed by atoms with E-state index < -0.39 is 0 Å². The Morgan fingerprint density at radius 2 is 2.11 bits per heavy atom. The fourth-order valence-electron chi connectivity index (χ4n) is 2.19. The molecular weight excluding hydrogens is 244 g/mol. The summed E-state index contributed by atoms with van der Waals surface area (Å²) in [6.07, 6.45) is 2.63. The van der Waals surface area contributed by atoms with E-state index >= 15 is 0 Å². The second-order valence-corrected chi connectivity index (χ2v) is 6.08. The Balaban J connectivity index is 2.07. The van der Waals surface area contributed by atoms with Crippen molar-refractivity contribution in [1.82, 2.24) is 5.32 Å². The van der Waals surface area contributed by atoms with E-state index in [1.807, 2.05) is 6.07 Å². The summed E-state index contributed by atoms with van der Waals surface area (Å²) in [6.45, 7) is 6.38. The van der Waals surface area contributed by atoms with Gasteiger partial charge in [-0.3, -0.25) is 0 Å². The van der Waals surface area contributed by atoms with Gasteiger partial charge in [0.15, 0.2) is 0 Å². The molecule has 3 heteroatoms. The van der Waals surface area contributed by atoms with Gasteiger partial charge in [-0.1, -0.05) is 25.4 Å². The van der Waals surface area contributed by atoms with Gasteiger partial charge in [-0.15, -0.1) is 0 Å². The van der Waals surface area contributed by atoms with Crippen LogP contribution in [-0.2, 0) is 6.54 Å². The van der Waals surface area contributed by atoms with Gasteiger partial charge < -0.3 is 10.2 Å². The molecule has 2 nitrogen and oxygen atoms in total. The highest BCUT2D eigenvalue weighted by Gasteiger charge is 2.27. The van der Waals surface area contributed by atoms with E-state index in [1.165, 1.54) is 24.1 Å². The summed E-state index contributed by atoms with van der Waals surface area (Å²) in [5.74, 6) is 0.675. The molecule has 1 aromatic rings. The van der Waals surface area contributed by atoms with Crippen LogP contribution in [0.4, 0.5) is 5.69 Å². The van der Waals surface area contributed by atoms with Gasteiger partial charge in [-0.2, -0.15) is 0 Å². The van der Waals surface area contributed by atoms with Crippen molar-refractivity contribution in [3.63, 3.8) is 0 Å². The summed E-state index contributed by atoms with van der Waals surface area (Å²) >= 11 is 6.11. The van der Waals surface area contributed by atoms with Gasteiger partial charge in [0, 0.05) is 30.3 Å². The minimum atomic E-state index is 0.675. The van der Waals surface area contributed by atoms with E-state index in [0.717, 1.165) is 24.2 Å². The van der Waals surface area contributed by atoms with Crippen LogP contribution >= 0.6 is 11.6 Å². The second-order valence-electron chi connectivity index (χ2n) is 5.64. The van der Waals surface area contributed by atoms with E-state index in [1.54, 1.807) is 0 Å². The molecule has 0 aromatic heterocycles. The lowest BCUT2D eigenvalue weighted by Gasteiger charge is -2.23. The third-order valence-electron chi connectivity index (χ3n) is 3.38. The third-order valence-corrected chi connectivity index (χ3v) is 3.62. The molecule has 2 rings (SSSR count). The van der Waals surface area contributed by atoms with Gasteiger partial charge in [-0.25, -0.2) is 0 Å². The Hall–Kier alpha value is -0.730. The number of anilines is 1. The molecule has 0 aliphatic heterocycles. The topological polar surface area (TPSA) is 15.3 Å². The Morgan fingerprint density at radius 1 is 1.39 bits per heavy atom. The zero-order valence-electron chi connectivity index (χ0n) is 11.5. The summed E-state index contributed by atoms with van der Waals surface area (Å²) in [7, 11) is 2.19. The van der Waals surface area contributed by atoms with Crippen LogP contribution in [0, 0.1) is 5.92 Å². The van der Waals surface area contributed by atoms with Crippen molar-refractivity contribution in [2.24, 2.45) is 5.92 Å². The molecule has 1 saturated carbocycles. The van der Waals surface area contributed by atoms with Crippen molar-refractivity contribution >= 4 is 17.3 Å². The van der Waals surface area contributed by atoms with Gasteiger partial charge in [0.1, 0.15) is 0 Å². The van der Waals surface area contributed by atoms with Crippen molar-refractivity contribution in [2.45, 2.75) is 39.3 Å². The molecule has 1 N–H and O–H groups in total. The Bertz CT molecular complexity index is 399. The highest BCUT2D eigenvalue weighted by molar-refractivity contribution is 6.30. The first-order valence-corrected chi connectivity index (χ1v) is 7.17. The van der Waals surface area contributed by atoms with Crippen LogP contribution in [0.3, 0.4) is 0 Å². The fourth-order valence-corrected chi connectivity index (χ4v) is 2.39. The normalized spacial score (nSPS) is 15.2. The lowest BCUT2D eigenvalue weighted by atomic mass is 10.1. The second kappa shape index (κ2) is 5.94. The Kier molecular flexibility index (Phi) is 4.52. The molecular formula is C15H23ClN2. The van der Waals surface area contributed by atoms with Gasteiger partial charge in [-0.05, 0) is 49.1 Å². The van der Waals surface area contributed by atoms with Gasteiger partial charge in [0.05, 0.1) is 0 Å². The number of nitrogens with one attached hydrogen (secondary N) is 1. The molecule has 0 atom stereocenters. The molecule has 18 heavy (non-hydrogen) atoms. The number of hydrogen-bond acceptors (Lipinski definition) is 2. The van der Waals surface area contributed by atoms with Gasteiger partial charge in [0.2, 0.25) is 0 Å². The van der Waals surface area contributed by atoms with Gasteiger partial charge in [0.25, 0.3) is 0 Å². The zero-order valence-corrected chi connectivity index (χ0v) is 12.3. The quantitative estimate of drug-likeness (QED) is 0.845. The molecule has 1 fully saturated rings. The standard InChI is InChI=1S/C15H23ClN2/c1-11(2)9-17-10-12-8-13(16)4-7-15(12)18(3)14-5-6-14/h4,7-8,11,14,17H,5-6,9-10H2,1-3H3. The SMILES string of the molecule is CC(C)CNCc1cc(Cl)ccc1N(C)C1CC1. The van der Waals surface area contributed by atoms with Crippen molar-refractivity contribution < 1.29 is 0 Å². The maximum absolute atomic E-state index is 6.11. The van der Waals surface area contributed by atoms with Crippen molar-refractivity contribution in [2.75, 3.05) is 18.5 Å². The lowest BCUT2D eigenvalue weighted by molar-refractivity contribution is 0.552. The van der Waals surface area contributed by atoms with Crippen molar-refractivity contribution in [3.8, 4) is 0 Å². The molecule has 1 aliphatic carbocycles. The first-order valence-electron chi connectivity index (χ1n) is 6.80. The number of halogens is 1. The first-order chi connectivity index (χ1) is 8.58. The van der Waals surface area contributed by atoms with Crippen LogP contribution < -0.4 is 10.2 Å². The molecule has 0 unspecified atom stereocenters.